The molecule has 1 spiro atoms. The van der Waals surface area contributed by atoms with Crippen molar-refractivity contribution in [3.8, 4) is 0 Å². The lowest BCUT2D eigenvalue weighted by atomic mass is 10.0. The van der Waals surface area contributed by atoms with Gasteiger partial charge in [0.2, 0.25) is 5.91 Å². The number of hydrogen-bond acceptors (Lipinski definition) is 3. The molecule has 3 aliphatic rings. The average Bonchev–Trinajstić information content (AvgIpc) is 3.23. The molecule has 3 fully saturated rings. The number of nitrogens with one attached hydrogen (secondary N) is 1. The summed E-state index contributed by atoms with van der Waals surface area (Å²) in [5, 5.41) is 3.66. The third kappa shape index (κ3) is 2.20. The summed E-state index contributed by atoms with van der Waals surface area (Å²) in [6.45, 7) is 2.15. The van der Waals surface area contributed by atoms with E-state index in [1.807, 2.05) is 11.8 Å². The highest BCUT2D eigenvalue weighted by atomic mass is 32.2. The monoisotopic (exact) mass is 302 g/mol. The molecule has 2 heterocycles. The van der Waals surface area contributed by atoms with Gasteiger partial charge in [0.15, 0.2) is 0 Å². The van der Waals surface area contributed by atoms with Gasteiger partial charge in [0.05, 0.1) is 0 Å². The Balaban J connectivity index is 1.70. The second-order valence-electron chi connectivity index (χ2n) is 6.57. The van der Waals surface area contributed by atoms with E-state index in [-0.39, 0.29) is 11.7 Å². The number of aryl methyl sites for hydroxylation is 1. The van der Waals surface area contributed by atoms with E-state index in [1.165, 1.54) is 23.3 Å². The molecule has 1 amide bonds. The lowest BCUT2D eigenvalue weighted by Crippen LogP contribution is -2.43. The van der Waals surface area contributed by atoms with Crippen molar-refractivity contribution >= 4 is 17.7 Å². The van der Waals surface area contributed by atoms with Gasteiger partial charge in [0.1, 0.15) is 11.7 Å². The molecule has 21 heavy (non-hydrogen) atoms. The number of carbonyl (C=O) groups is 1. The van der Waals surface area contributed by atoms with Crippen molar-refractivity contribution in [3.63, 3.8) is 0 Å². The van der Waals surface area contributed by atoms with Gasteiger partial charge in [-0.1, -0.05) is 24.3 Å². The Hall–Kier alpha value is -1.00. The fourth-order valence-corrected chi connectivity index (χ4v) is 4.82. The standard InChI is InChI=1S/C17H22N2OS/c1-12-5-2-3-7-14(12)15-18-17(8-9-17)16(20)19(15)13-6-4-10-21-11-13/h2-3,5,7,13,15,18H,4,6,8-11H2,1H3. The molecule has 4 rings (SSSR count). The zero-order chi connectivity index (χ0) is 14.4. The van der Waals surface area contributed by atoms with Gasteiger partial charge in [-0.3, -0.25) is 10.1 Å². The van der Waals surface area contributed by atoms with Crippen molar-refractivity contribution in [1.82, 2.24) is 10.2 Å². The molecule has 0 aromatic heterocycles. The number of amides is 1. The summed E-state index contributed by atoms with van der Waals surface area (Å²) >= 11 is 1.99. The van der Waals surface area contributed by atoms with E-state index in [1.54, 1.807) is 0 Å². The zero-order valence-corrected chi connectivity index (χ0v) is 13.3. The van der Waals surface area contributed by atoms with Gasteiger partial charge in [-0.2, -0.15) is 11.8 Å². The van der Waals surface area contributed by atoms with Gasteiger partial charge < -0.3 is 4.90 Å². The summed E-state index contributed by atoms with van der Waals surface area (Å²) in [7, 11) is 0. The molecule has 112 valence electrons. The van der Waals surface area contributed by atoms with E-state index in [0.29, 0.717) is 11.9 Å². The van der Waals surface area contributed by atoms with E-state index >= 15 is 0 Å². The van der Waals surface area contributed by atoms with Crippen LogP contribution in [0.15, 0.2) is 24.3 Å². The molecule has 1 aromatic carbocycles. The summed E-state index contributed by atoms with van der Waals surface area (Å²) in [5.74, 6) is 2.68. The van der Waals surface area contributed by atoms with E-state index < -0.39 is 0 Å². The second kappa shape index (κ2) is 5.03. The quantitative estimate of drug-likeness (QED) is 0.912. The molecule has 4 heteroatoms. The maximum absolute atomic E-state index is 12.9. The highest BCUT2D eigenvalue weighted by molar-refractivity contribution is 7.99. The maximum Gasteiger partial charge on any atom is 0.244 e. The summed E-state index contributed by atoms with van der Waals surface area (Å²) in [6.07, 6.45) is 4.46. The number of carbonyl (C=O) groups excluding carboxylic acids is 1. The van der Waals surface area contributed by atoms with Crippen LogP contribution < -0.4 is 5.32 Å². The van der Waals surface area contributed by atoms with Gasteiger partial charge in [-0.25, -0.2) is 0 Å². The zero-order valence-electron chi connectivity index (χ0n) is 12.5. The Bertz CT molecular complexity index is 564. The summed E-state index contributed by atoms with van der Waals surface area (Å²) in [5.41, 5.74) is 2.31. The smallest absolute Gasteiger partial charge is 0.244 e. The fourth-order valence-electron chi connectivity index (χ4n) is 3.68. The topological polar surface area (TPSA) is 32.3 Å². The minimum Gasteiger partial charge on any atom is -0.317 e. The van der Waals surface area contributed by atoms with Crippen LogP contribution in [0.4, 0.5) is 0 Å². The predicted molar refractivity (Wildman–Crippen MR) is 86.2 cm³/mol. The van der Waals surface area contributed by atoms with Crippen molar-refractivity contribution in [2.24, 2.45) is 0 Å². The minimum atomic E-state index is -0.227. The molecule has 0 bridgehead atoms. The normalized spacial score (nSPS) is 30.9. The van der Waals surface area contributed by atoms with E-state index in [0.717, 1.165) is 25.0 Å². The number of thioether (sulfide) groups is 1. The molecule has 1 aliphatic carbocycles. The van der Waals surface area contributed by atoms with E-state index in [2.05, 4.69) is 41.4 Å². The predicted octanol–water partition coefficient (Wildman–Crippen LogP) is 2.85. The van der Waals surface area contributed by atoms with Gasteiger partial charge in [0.25, 0.3) is 0 Å². The molecule has 1 N–H and O–H groups in total. The van der Waals surface area contributed by atoms with Gasteiger partial charge in [0, 0.05) is 11.8 Å². The largest absolute Gasteiger partial charge is 0.317 e. The lowest BCUT2D eigenvalue weighted by molar-refractivity contribution is -0.132. The van der Waals surface area contributed by atoms with Crippen LogP contribution in [0, 0.1) is 6.92 Å². The summed E-state index contributed by atoms with van der Waals surface area (Å²) < 4.78 is 0. The van der Waals surface area contributed by atoms with Crippen LogP contribution in [-0.4, -0.2) is 33.9 Å². The first-order chi connectivity index (χ1) is 10.2. The van der Waals surface area contributed by atoms with Gasteiger partial charge in [-0.05, 0) is 49.5 Å². The molecular formula is C17H22N2OS. The minimum absolute atomic E-state index is 0.0740. The number of hydrogen-bond donors (Lipinski definition) is 1. The molecule has 2 atom stereocenters. The van der Waals surface area contributed by atoms with Crippen molar-refractivity contribution in [2.45, 2.75) is 50.4 Å². The molecule has 2 unspecified atom stereocenters. The highest BCUT2D eigenvalue weighted by Crippen LogP contribution is 2.48. The first kappa shape index (κ1) is 13.6. The van der Waals surface area contributed by atoms with Gasteiger partial charge in [-0.15, -0.1) is 0 Å². The summed E-state index contributed by atoms with van der Waals surface area (Å²) in [6, 6.07) is 8.87. The fraction of sp³-hybridized carbons (Fsp3) is 0.588. The van der Waals surface area contributed by atoms with Gasteiger partial charge >= 0.3 is 0 Å². The lowest BCUT2D eigenvalue weighted by Gasteiger charge is -2.35. The Morgan fingerprint density at radius 1 is 1.33 bits per heavy atom. The second-order valence-corrected chi connectivity index (χ2v) is 7.72. The number of nitrogens with zero attached hydrogens (tertiary/aromatic N) is 1. The Kier molecular flexibility index (Phi) is 3.27. The van der Waals surface area contributed by atoms with Crippen molar-refractivity contribution in [3.05, 3.63) is 35.4 Å². The Morgan fingerprint density at radius 2 is 2.14 bits per heavy atom. The SMILES string of the molecule is Cc1ccccc1C1NC2(CC2)C(=O)N1C1CCCSC1. The van der Waals surface area contributed by atoms with Crippen LogP contribution in [0.5, 0.6) is 0 Å². The Morgan fingerprint density at radius 3 is 2.81 bits per heavy atom. The molecule has 1 saturated carbocycles. The van der Waals surface area contributed by atoms with Crippen LogP contribution in [-0.2, 0) is 4.79 Å². The van der Waals surface area contributed by atoms with Crippen molar-refractivity contribution < 1.29 is 4.79 Å². The molecule has 0 radical (unpaired) electrons. The maximum atomic E-state index is 12.9. The molecule has 1 aromatic rings. The van der Waals surface area contributed by atoms with Crippen LogP contribution in [0.3, 0.4) is 0 Å². The van der Waals surface area contributed by atoms with E-state index in [9.17, 15) is 4.79 Å². The first-order valence-corrected chi connectivity index (χ1v) is 9.10. The Labute approximate surface area is 130 Å². The number of benzene rings is 1. The molecule has 2 aliphatic heterocycles. The van der Waals surface area contributed by atoms with E-state index in [4.69, 9.17) is 0 Å². The van der Waals surface area contributed by atoms with Crippen LogP contribution in [0.25, 0.3) is 0 Å². The first-order valence-electron chi connectivity index (χ1n) is 7.95. The molecular weight excluding hydrogens is 280 g/mol. The highest BCUT2D eigenvalue weighted by Gasteiger charge is 2.60. The third-order valence-electron chi connectivity index (χ3n) is 5.10. The molecule has 2 saturated heterocycles. The average molecular weight is 302 g/mol. The molecule has 3 nitrogen and oxygen atoms in total. The van der Waals surface area contributed by atoms with Crippen molar-refractivity contribution in [1.29, 1.82) is 0 Å². The van der Waals surface area contributed by atoms with Crippen LogP contribution >= 0.6 is 11.8 Å². The third-order valence-corrected chi connectivity index (χ3v) is 6.30. The van der Waals surface area contributed by atoms with Crippen LogP contribution in [0.1, 0.15) is 43.0 Å². The van der Waals surface area contributed by atoms with Crippen LogP contribution in [0.2, 0.25) is 0 Å². The summed E-state index contributed by atoms with van der Waals surface area (Å²) in [4.78, 5) is 15.1. The van der Waals surface area contributed by atoms with Crippen molar-refractivity contribution in [2.75, 3.05) is 11.5 Å². The number of rotatable bonds is 2.